The van der Waals surface area contributed by atoms with Gasteiger partial charge in [0, 0.05) is 24.7 Å². The Labute approximate surface area is 119 Å². The lowest BCUT2D eigenvalue weighted by molar-refractivity contribution is 0.129. The molecule has 1 aromatic carbocycles. The van der Waals surface area contributed by atoms with Crippen LogP contribution in [0, 0.1) is 6.92 Å². The van der Waals surface area contributed by atoms with Gasteiger partial charge >= 0.3 is 0 Å². The summed E-state index contributed by atoms with van der Waals surface area (Å²) < 4.78 is 5.38. The van der Waals surface area contributed by atoms with Crippen LogP contribution in [0.25, 0.3) is 11.4 Å². The van der Waals surface area contributed by atoms with Crippen LogP contribution >= 0.6 is 0 Å². The molecule has 0 saturated carbocycles. The predicted octanol–water partition coefficient (Wildman–Crippen LogP) is 1.84. The number of aryl methyl sites for hydroxylation is 1. The third-order valence-electron chi connectivity index (χ3n) is 3.80. The maximum Gasteiger partial charge on any atom is 0.241 e. The lowest BCUT2D eigenvalue weighted by atomic mass is 10.1. The van der Waals surface area contributed by atoms with Crippen molar-refractivity contribution < 1.29 is 4.52 Å². The van der Waals surface area contributed by atoms with Crippen LogP contribution in [0.1, 0.15) is 18.4 Å². The summed E-state index contributed by atoms with van der Waals surface area (Å²) in [5.41, 5.74) is 2.23. The van der Waals surface area contributed by atoms with Gasteiger partial charge in [0.2, 0.25) is 11.7 Å². The van der Waals surface area contributed by atoms with Gasteiger partial charge in [0.05, 0.1) is 6.54 Å². The van der Waals surface area contributed by atoms with E-state index in [1.807, 2.05) is 12.1 Å². The SMILES string of the molecule is CCN(Cc1nc(-c2ccc(C)cc2)no1)C1CNC1. The Morgan fingerprint density at radius 3 is 2.65 bits per heavy atom. The maximum atomic E-state index is 5.38. The van der Waals surface area contributed by atoms with Crippen molar-refractivity contribution in [2.24, 2.45) is 0 Å². The topological polar surface area (TPSA) is 54.2 Å². The summed E-state index contributed by atoms with van der Waals surface area (Å²) in [6.07, 6.45) is 0. The molecule has 1 fully saturated rings. The zero-order chi connectivity index (χ0) is 13.9. The van der Waals surface area contributed by atoms with Crippen molar-refractivity contribution in [3.05, 3.63) is 35.7 Å². The highest BCUT2D eigenvalue weighted by atomic mass is 16.5. The fraction of sp³-hybridized carbons (Fsp3) is 0.467. The zero-order valence-corrected chi connectivity index (χ0v) is 12.0. The summed E-state index contributed by atoms with van der Waals surface area (Å²) in [6.45, 7) is 8.04. The third-order valence-corrected chi connectivity index (χ3v) is 3.80. The molecule has 106 valence electrons. The first-order chi connectivity index (χ1) is 9.76. The van der Waals surface area contributed by atoms with Gasteiger partial charge in [-0.15, -0.1) is 0 Å². The van der Waals surface area contributed by atoms with Gasteiger partial charge in [-0.1, -0.05) is 41.9 Å². The molecule has 0 amide bonds. The van der Waals surface area contributed by atoms with E-state index >= 15 is 0 Å². The van der Waals surface area contributed by atoms with Gasteiger partial charge in [-0.05, 0) is 13.5 Å². The Kier molecular flexibility index (Phi) is 3.80. The number of benzene rings is 1. The third kappa shape index (κ3) is 2.73. The molecule has 0 atom stereocenters. The molecule has 2 aromatic rings. The number of hydrogen-bond acceptors (Lipinski definition) is 5. The van der Waals surface area contributed by atoms with Crippen molar-refractivity contribution in [2.45, 2.75) is 26.4 Å². The molecular weight excluding hydrogens is 252 g/mol. The van der Waals surface area contributed by atoms with Crippen LogP contribution in [0.3, 0.4) is 0 Å². The number of rotatable bonds is 5. The van der Waals surface area contributed by atoms with Crippen molar-refractivity contribution in [1.29, 1.82) is 0 Å². The van der Waals surface area contributed by atoms with Crippen LogP contribution in [0.4, 0.5) is 0 Å². The minimum atomic E-state index is 0.592. The number of nitrogens with one attached hydrogen (secondary N) is 1. The largest absolute Gasteiger partial charge is 0.338 e. The lowest BCUT2D eigenvalue weighted by Crippen LogP contribution is -2.56. The number of nitrogens with zero attached hydrogens (tertiary/aromatic N) is 3. The van der Waals surface area contributed by atoms with E-state index in [2.05, 4.69) is 46.3 Å². The molecule has 1 aliphatic heterocycles. The molecule has 1 aromatic heterocycles. The zero-order valence-electron chi connectivity index (χ0n) is 12.0. The molecule has 1 aliphatic rings. The normalized spacial score (nSPS) is 15.6. The van der Waals surface area contributed by atoms with E-state index in [1.54, 1.807) is 0 Å². The van der Waals surface area contributed by atoms with E-state index in [-0.39, 0.29) is 0 Å². The molecule has 0 radical (unpaired) electrons. The first-order valence-corrected chi connectivity index (χ1v) is 7.10. The van der Waals surface area contributed by atoms with E-state index in [4.69, 9.17) is 4.52 Å². The van der Waals surface area contributed by atoms with Gasteiger partial charge in [0.25, 0.3) is 0 Å². The van der Waals surface area contributed by atoms with Crippen molar-refractivity contribution >= 4 is 0 Å². The minimum Gasteiger partial charge on any atom is -0.338 e. The summed E-state index contributed by atoms with van der Waals surface area (Å²) in [5, 5.41) is 7.37. The highest BCUT2D eigenvalue weighted by molar-refractivity contribution is 5.54. The second kappa shape index (κ2) is 5.73. The number of hydrogen-bond donors (Lipinski definition) is 1. The first kappa shape index (κ1) is 13.3. The molecule has 0 bridgehead atoms. The lowest BCUT2D eigenvalue weighted by Gasteiger charge is -2.36. The van der Waals surface area contributed by atoms with Crippen molar-refractivity contribution in [3.63, 3.8) is 0 Å². The Morgan fingerprint density at radius 2 is 2.05 bits per heavy atom. The molecule has 1 saturated heterocycles. The summed E-state index contributed by atoms with van der Waals surface area (Å²) in [4.78, 5) is 6.86. The molecule has 0 unspecified atom stereocenters. The minimum absolute atomic E-state index is 0.592. The Morgan fingerprint density at radius 1 is 1.30 bits per heavy atom. The molecule has 5 nitrogen and oxygen atoms in total. The van der Waals surface area contributed by atoms with Crippen LogP contribution in [0.5, 0.6) is 0 Å². The standard InChI is InChI=1S/C15H20N4O/c1-3-19(13-8-16-9-13)10-14-17-15(18-20-14)12-6-4-11(2)5-7-12/h4-7,13,16H,3,8-10H2,1-2H3. The second-order valence-electron chi connectivity index (χ2n) is 5.25. The molecule has 5 heteroatoms. The van der Waals surface area contributed by atoms with Crippen LogP contribution in [0.2, 0.25) is 0 Å². The van der Waals surface area contributed by atoms with Crippen LogP contribution in [-0.2, 0) is 6.54 Å². The summed E-state index contributed by atoms with van der Waals surface area (Å²) in [7, 11) is 0. The van der Waals surface area contributed by atoms with Gasteiger partial charge < -0.3 is 9.84 Å². The average Bonchev–Trinajstić information content (AvgIpc) is 2.85. The van der Waals surface area contributed by atoms with E-state index in [9.17, 15) is 0 Å². The average molecular weight is 272 g/mol. The second-order valence-corrected chi connectivity index (χ2v) is 5.25. The number of likely N-dealkylation sites (N-methyl/N-ethyl adjacent to an activating group) is 1. The predicted molar refractivity (Wildman–Crippen MR) is 77.2 cm³/mol. The van der Waals surface area contributed by atoms with Crippen LogP contribution < -0.4 is 5.32 Å². The van der Waals surface area contributed by atoms with Gasteiger partial charge in [-0.25, -0.2) is 0 Å². The molecular formula is C15H20N4O. The van der Waals surface area contributed by atoms with Crippen LogP contribution in [-0.4, -0.2) is 40.7 Å². The van der Waals surface area contributed by atoms with Gasteiger partial charge in [-0.3, -0.25) is 4.90 Å². The number of aromatic nitrogens is 2. The smallest absolute Gasteiger partial charge is 0.241 e. The van der Waals surface area contributed by atoms with Gasteiger partial charge in [-0.2, -0.15) is 4.98 Å². The Hall–Kier alpha value is -1.72. The van der Waals surface area contributed by atoms with Crippen LogP contribution in [0.15, 0.2) is 28.8 Å². The summed E-state index contributed by atoms with van der Waals surface area (Å²) >= 11 is 0. The van der Waals surface area contributed by atoms with Crippen molar-refractivity contribution in [3.8, 4) is 11.4 Å². The van der Waals surface area contributed by atoms with E-state index in [1.165, 1.54) is 5.56 Å². The molecule has 2 heterocycles. The van der Waals surface area contributed by atoms with E-state index in [0.29, 0.717) is 17.8 Å². The molecule has 0 spiro atoms. The highest BCUT2D eigenvalue weighted by Crippen LogP contribution is 2.17. The molecule has 0 aliphatic carbocycles. The van der Waals surface area contributed by atoms with Gasteiger partial charge in [0.1, 0.15) is 0 Å². The van der Waals surface area contributed by atoms with Crippen molar-refractivity contribution in [2.75, 3.05) is 19.6 Å². The molecule has 3 rings (SSSR count). The van der Waals surface area contributed by atoms with E-state index in [0.717, 1.165) is 31.7 Å². The van der Waals surface area contributed by atoms with Crippen molar-refractivity contribution in [1.82, 2.24) is 20.4 Å². The van der Waals surface area contributed by atoms with Gasteiger partial charge in [0.15, 0.2) is 0 Å². The summed E-state index contributed by atoms with van der Waals surface area (Å²) in [5.74, 6) is 1.36. The first-order valence-electron chi connectivity index (χ1n) is 7.10. The quantitative estimate of drug-likeness (QED) is 0.900. The Balaban J connectivity index is 1.71. The molecule has 1 N–H and O–H groups in total. The fourth-order valence-electron chi connectivity index (χ4n) is 2.34. The Bertz CT molecular complexity index is 560. The highest BCUT2D eigenvalue weighted by Gasteiger charge is 2.24. The fourth-order valence-corrected chi connectivity index (χ4v) is 2.34. The summed E-state index contributed by atoms with van der Waals surface area (Å²) in [6, 6.07) is 8.76. The monoisotopic (exact) mass is 272 g/mol. The molecule has 20 heavy (non-hydrogen) atoms. The maximum absolute atomic E-state index is 5.38. The van der Waals surface area contributed by atoms with E-state index < -0.39 is 0 Å².